The highest BCUT2D eigenvalue weighted by Gasteiger charge is 2.17. The Labute approximate surface area is 205 Å². The van der Waals surface area contributed by atoms with Crippen LogP contribution in [0, 0.1) is 15.9 Å². The van der Waals surface area contributed by atoms with Gasteiger partial charge in [-0.3, -0.25) is 14.9 Å². The molecule has 4 rings (SSSR count). The van der Waals surface area contributed by atoms with E-state index in [1.165, 1.54) is 35.0 Å². The van der Waals surface area contributed by atoms with Crippen LogP contribution < -0.4 is 14.8 Å². The van der Waals surface area contributed by atoms with Crippen LogP contribution in [-0.2, 0) is 4.79 Å². The molecule has 0 bridgehead atoms. The number of nitro groups is 1. The molecule has 0 spiro atoms. The molecule has 0 aliphatic carbocycles. The number of para-hydroxylation sites is 2. The second kappa shape index (κ2) is 10.6. The highest BCUT2D eigenvalue weighted by atomic mass is 19.1. The number of nitrogens with zero attached hydrogens (tertiary/aromatic N) is 4. The largest absolute Gasteiger partial charge is 0.477 e. The molecule has 0 aliphatic rings. The molecule has 3 aromatic carbocycles. The third-order valence-corrected chi connectivity index (χ3v) is 4.83. The normalized spacial score (nSPS) is 10.8. The lowest BCUT2D eigenvalue weighted by atomic mass is 10.2. The average molecular weight is 491 g/mol. The lowest BCUT2D eigenvalue weighted by Crippen LogP contribution is -2.20. The van der Waals surface area contributed by atoms with Gasteiger partial charge in [0.2, 0.25) is 0 Å². The van der Waals surface area contributed by atoms with E-state index in [4.69, 9.17) is 9.47 Å². The Morgan fingerprint density at radius 1 is 1.11 bits per heavy atom. The zero-order valence-electron chi connectivity index (χ0n) is 19.4. The summed E-state index contributed by atoms with van der Waals surface area (Å²) in [5.74, 6) is -0.507. The van der Waals surface area contributed by atoms with Crippen molar-refractivity contribution in [2.75, 3.05) is 11.9 Å². The van der Waals surface area contributed by atoms with Gasteiger partial charge in [-0.25, -0.2) is 9.07 Å². The van der Waals surface area contributed by atoms with Crippen molar-refractivity contribution in [3.05, 3.63) is 88.7 Å². The van der Waals surface area contributed by atoms with Crippen LogP contribution in [0.4, 0.5) is 15.8 Å². The molecule has 1 amide bonds. The molecule has 0 saturated heterocycles. The van der Waals surface area contributed by atoms with E-state index in [9.17, 15) is 19.3 Å². The van der Waals surface area contributed by atoms with Crippen molar-refractivity contribution in [1.29, 1.82) is 0 Å². The fraction of sp³-hybridized carbons (Fsp3) is 0.160. The molecule has 36 heavy (non-hydrogen) atoms. The van der Waals surface area contributed by atoms with Crippen LogP contribution in [-0.4, -0.2) is 38.3 Å². The Morgan fingerprint density at radius 3 is 2.56 bits per heavy atom. The number of amides is 1. The molecule has 4 aromatic rings. The molecule has 0 unspecified atom stereocenters. The van der Waals surface area contributed by atoms with Crippen LogP contribution >= 0.6 is 0 Å². The molecule has 11 heteroatoms. The number of halogens is 1. The summed E-state index contributed by atoms with van der Waals surface area (Å²) < 4.78 is 26.3. The number of benzene rings is 3. The number of carbonyl (C=O) groups excluding carboxylic acids is 1. The zero-order valence-corrected chi connectivity index (χ0v) is 19.4. The molecule has 0 aliphatic heterocycles. The second-order valence-corrected chi connectivity index (χ2v) is 7.92. The summed E-state index contributed by atoms with van der Waals surface area (Å²) in [5, 5.41) is 18.2. The van der Waals surface area contributed by atoms with Crippen molar-refractivity contribution in [1.82, 2.24) is 14.8 Å². The topological polar surface area (TPSA) is 121 Å². The standard InChI is InChI=1S/C25H22FN5O5/c1-16(2)36-25-28-24(17-6-5-7-18(26)14-17)30(29-25)20-12-10-19(11-13-20)27-23(32)15-35-22-9-4-3-8-21(22)31(33)34/h3-14,16H,15H2,1-2H3,(H,27,32). The molecular formula is C25H22FN5O5. The maximum atomic E-state index is 13.8. The number of ether oxygens (including phenoxy) is 2. The zero-order chi connectivity index (χ0) is 25.7. The summed E-state index contributed by atoms with van der Waals surface area (Å²) in [6.45, 7) is 3.29. The Bertz CT molecular complexity index is 1390. The first-order chi connectivity index (χ1) is 17.3. The lowest BCUT2D eigenvalue weighted by Gasteiger charge is -2.09. The number of carbonyl (C=O) groups is 1. The first-order valence-corrected chi connectivity index (χ1v) is 11.0. The van der Waals surface area contributed by atoms with Gasteiger partial charge in [0, 0.05) is 17.3 Å². The highest BCUT2D eigenvalue weighted by molar-refractivity contribution is 5.92. The highest BCUT2D eigenvalue weighted by Crippen LogP contribution is 2.27. The van der Waals surface area contributed by atoms with Crippen molar-refractivity contribution in [3.8, 4) is 28.8 Å². The number of hydrogen-bond acceptors (Lipinski definition) is 7. The summed E-state index contributed by atoms with van der Waals surface area (Å²) in [6, 6.07) is 18.7. The first kappa shape index (κ1) is 24.3. The molecule has 184 valence electrons. The van der Waals surface area contributed by atoms with Crippen LogP contribution in [0.3, 0.4) is 0 Å². The average Bonchev–Trinajstić information content (AvgIpc) is 3.26. The summed E-state index contributed by atoms with van der Waals surface area (Å²) >= 11 is 0. The van der Waals surface area contributed by atoms with Crippen molar-refractivity contribution < 1.29 is 23.6 Å². The van der Waals surface area contributed by atoms with Crippen LogP contribution in [0.25, 0.3) is 17.1 Å². The maximum absolute atomic E-state index is 13.8. The Kier molecular flexibility index (Phi) is 7.19. The van der Waals surface area contributed by atoms with Crippen LogP contribution in [0.2, 0.25) is 0 Å². The van der Waals surface area contributed by atoms with E-state index < -0.39 is 23.3 Å². The molecule has 0 saturated carbocycles. The third kappa shape index (κ3) is 5.81. The van der Waals surface area contributed by atoms with Gasteiger partial charge >= 0.3 is 11.7 Å². The van der Waals surface area contributed by atoms with Gasteiger partial charge in [-0.05, 0) is 56.3 Å². The molecule has 1 heterocycles. The van der Waals surface area contributed by atoms with Crippen LogP contribution in [0.5, 0.6) is 11.8 Å². The van der Waals surface area contributed by atoms with E-state index in [1.807, 2.05) is 13.8 Å². The van der Waals surface area contributed by atoms with E-state index >= 15 is 0 Å². The summed E-state index contributed by atoms with van der Waals surface area (Å²) in [6.07, 6.45) is -0.154. The molecule has 0 radical (unpaired) electrons. The van der Waals surface area contributed by atoms with E-state index in [0.29, 0.717) is 22.8 Å². The van der Waals surface area contributed by atoms with Crippen molar-refractivity contribution in [2.45, 2.75) is 20.0 Å². The van der Waals surface area contributed by atoms with Gasteiger partial charge < -0.3 is 14.8 Å². The van der Waals surface area contributed by atoms with E-state index in [-0.39, 0.29) is 23.6 Å². The van der Waals surface area contributed by atoms with E-state index in [2.05, 4.69) is 15.4 Å². The number of nitro benzene ring substituents is 1. The van der Waals surface area contributed by atoms with Gasteiger partial charge in [0.05, 0.1) is 16.7 Å². The molecular weight excluding hydrogens is 469 g/mol. The predicted octanol–water partition coefficient (Wildman–Crippen LogP) is 4.79. The summed E-state index contributed by atoms with van der Waals surface area (Å²) in [4.78, 5) is 27.2. The summed E-state index contributed by atoms with van der Waals surface area (Å²) in [5.41, 5.74) is 1.37. The molecule has 0 fully saturated rings. The van der Waals surface area contributed by atoms with Gasteiger partial charge in [0.25, 0.3) is 5.91 Å². The van der Waals surface area contributed by atoms with Gasteiger partial charge in [-0.15, -0.1) is 5.10 Å². The van der Waals surface area contributed by atoms with E-state index in [0.717, 1.165) is 0 Å². The minimum atomic E-state index is -0.578. The quantitative estimate of drug-likeness (QED) is 0.264. The van der Waals surface area contributed by atoms with Crippen molar-refractivity contribution in [2.24, 2.45) is 0 Å². The molecule has 0 atom stereocenters. The summed E-state index contributed by atoms with van der Waals surface area (Å²) in [7, 11) is 0. The maximum Gasteiger partial charge on any atom is 0.336 e. The fourth-order valence-electron chi connectivity index (χ4n) is 3.30. The fourth-order valence-corrected chi connectivity index (χ4v) is 3.30. The lowest BCUT2D eigenvalue weighted by molar-refractivity contribution is -0.385. The number of aromatic nitrogens is 3. The minimum absolute atomic E-state index is 0.00322. The van der Waals surface area contributed by atoms with Gasteiger partial charge in [-0.1, -0.05) is 24.3 Å². The van der Waals surface area contributed by atoms with Crippen LogP contribution in [0.15, 0.2) is 72.8 Å². The number of rotatable bonds is 9. The van der Waals surface area contributed by atoms with Gasteiger partial charge in [0.15, 0.2) is 18.2 Å². The Morgan fingerprint density at radius 2 is 1.86 bits per heavy atom. The van der Waals surface area contributed by atoms with E-state index in [1.54, 1.807) is 42.5 Å². The number of nitrogens with one attached hydrogen (secondary N) is 1. The van der Waals surface area contributed by atoms with Crippen LogP contribution in [0.1, 0.15) is 13.8 Å². The SMILES string of the molecule is CC(C)Oc1nc(-c2cccc(F)c2)n(-c2ccc(NC(=O)COc3ccccc3[N+](=O)[O-])cc2)n1. The molecule has 1 aromatic heterocycles. The monoisotopic (exact) mass is 491 g/mol. The first-order valence-electron chi connectivity index (χ1n) is 11.0. The second-order valence-electron chi connectivity index (χ2n) is 7.92. The molecule has 1 N–H and O–H groups in total. The van der Waals surface area contributed by atoms with Gasteiger partial charge in [-0.2, -0.15) is 4.98 Å². The smallest absolute Gasteiger partial charge is 0.336 e. The predicted molar refractivity (Wildman–Crippen MR) is 130 cm³/mol. The minimum Gasteiger partial charge on any atom is -0.477 e. The van der Waals surface area contributed by atoms with Crippen molar-refractivity contribution >= 4 is 17.3 Å². The third-order valence-electron chi connectivity index (χ3n) is 4.83. The molecule has 10 nitrogen and oxygen atoms in total. The number of hydrogen-bond donors (Lipinski definition) is 1. The Balaban J connectivity index is 1.50. The Hall–Kier alpha value is -4.80. The number of anilines is 1. The van der Waals surface area contributed by atoms with Crippen molar-refractivity contribution in [3.63, 3.8) is 0 Å². The van der Waals surface area contributed by atoms with Gasteiger partial charge in [0.1, 0.15) is 5.82 Å².